The molecule has 0 N–H and O–H groups in total. The highest BCUT2D eigenvalue weighted by molar-refractivity contribution is 7.21. The van der Waals surface area contributed by atoms with E-state index >= 15 is 0 Å². The summed E-state index contributed by atoms with van der Waals surface area (Å²) < 4.78 is 43.0. The molecule has 41 heavy (non-hydrogen) atoms. The summed E-state index contributed by atoms with van der Waals surface area (Å²) in [5, 5.41) is 1.25. The van der Waals surface area contributed by atoms with E-state index in [1.807, 2.05) is 23.5 Å². The van der Waals surface area contributed by atoms with Gasteiger partial charge in [0.2, 0.25) is 5.52 Å². The van der Waals surface area contributed by atoms with Crippen molar-refractivity contribution < 1.29 is 38.2 Å². The fourth-order valence-corrected chi connectivity index (χ4v) is 6.06. The molecular formula is C33H26ClNO5S. The van der Waals surface area contributed by atoms with Crippen LogP contribution in [0.1, 0.15) is 0 Å². The van der Waals surface area contributed by atoms with Crippen LogP contribution in [0.25, 0.3) is 54.2 Å². The van der Waals surface area contributed by atoms with E-state index in [4.69, 9.17) is 23.4 Å². The summed E-state index contributed by atoms with van der Waals surface area (Å²) >= 11 is 1.85. The highest BCUT2D eigenvalue weighted by atomic mass is 35.7. The van der Waals surface area contributed by atoms with Gasteiger partial charge in [-0.05, 0) is 63.7 Å². The molecule has 0 aliphatic carbocycles. The van der Waals surface area contributed by atoms with Gasteiger partial charge in [0.05, 0.1) is 12.7 Å². The van der Waals surface area contributed by atoms with Crippen molar-refractivity contribution in [3.05, 3.63) is 121 Å². The molecule has 0 saturated carbocycles. The number of para-hydroxylation sites is 1. The normalized spacial score (nSPS) is 11.2. The Bertz CT molecular complexity index is 1700. The number of halogens is 1. The monoisotopic (exact) mass is 583 g/mol. The maximum Gasteiger partial charge on any atom is 0.271 e. The Morgan fingerprint density at radius 1 is 0.610 bits per heavy atom. The number of ether oxygens (including phenoxy) is 1. The Balaban J connectivity index is 0.000000623. The number of rotatable bonds is 5. The van der Waals surface area contributed by atoms with Crippen molar-refractivity contribution in [2.75, 3.05) is 7.11 Å². The summed E-state index contributed by atoms with van der Waals surface area (Å²) in [5.74, 6) is 0.860. The van der Waals surface area contributed by atoms with Gasteiger partial charge in [0, 0.05) is 6.07 Å². The third-order valence-corrected chi connectivity index (χ3v) is 7.92. The minimum atomic E-state index is -4.94. The van der Waals surface area contributed by atoms with Gasteiger partial charge in [-0.1, -0.05) is 96.3 Å². The molecule has 0 unspecified atom stereocenters. The number of thiazole rings is 1. The number of aromatic nitrogens is 1. The van der Waals surface area contributed by atoms with Crippen molar-refractivity contribution >= 4 is 21.6 Å². The maximum absolute atomic E-state index is 8.49. The number of fused-ring (bicyclic) bond motifs is 1. The van der Waals surface area contributed by atoms with Gasteiger partial charge in [0.25, 0.3) is 5.01 Å². The summed E-state index contributed by atoms with van der Waals surface area (Å²) in [6.07, 6.45) is 0. The molecule has 0 spiro atoms. The minimum Gasteiger partial charge on any atom is -0.497 e. The quantitative estimate of drug-likeness (QED) is 0.288. The van der Waals surface area contributed by atoms with Crippen molar-refractivity contribution in [2.45, 2.75) is 0 Å². The minimum absolute atomic E-state index is 0.860. The van der Waals surface area contributed by atoms with Gasteiger partial charge in [0.1, 0.15) is 17.5 Å². The SMILES string of the molecule is COc1ccc(-c2cc(-c3ccccc3)c(-c3sc4ccccc4[n+]3C)c(-c3ccccc3)c2)cc1.[O-][Cl+3]([O-])([O-])[O-]. The van der Waals surface area contributed by atoms with Crippen LogP contribution in [0.5, 0.6) is 5.75 Å². The van der Waals surface area contributed by atoms with E-state index < -0.39 is 10.2 Å². The van der Waals surface area contributed by atoms with Crippen LogP contribution < -0.4 is 27.9 Å². The van der Waals surface area contributed by atoms with Crippen molar-refractivity contribution in [1.82, 2.24) is 0 Å². The van der Waals surface area contributed by atoms with Crippen molar-refractivity contribution in [2.24, 2.45) is 7.05 Å². The van der Waals surface area contributed by atoms with Crippen LogP contribution in [0, 0.1) is 10.2 Å². The fourth-order valence-electron chi connectivity index (χ4n) is 4.83. The van der Waals surface area contributed by atoms with Crippen LogP contribution in [0.3, 0.4) is 0 Å². The predicted octanol–water partition coefficient (Wildman–Crippen LogP) is 3.65. The molecule has 0 amide bonds. The van der Waals surface area contributed by atoms with Crippen molar-refractivity contribution in [1.29, 1.82) is 0 Å². The number of hydrogen-bond acceptors (Lipinski definition) is 6. The summed E-state index contributed by atoms with van der Waals surface area (Å²) in [6.45, 7) is 0. The van der Waals surface area contributed by atoms with Gasteiger partial charge in [-0.2, -0.15) is 4.57 Å². The second-order valence-corrected chi connectivity index (χ2v) is 11.0. The second kappa shape index (κ2) is 12.2. The van der Waals surface area contributed by atoms with E-state index in [0.717, 1.165) is 11.3 Å². The molecule has 5 aromatic carbocycles. The number of hydrogen-bond donors (Lipinski definition) is 0. The van der Waals surface area contributed by atoms with Crippen molar-refractivity contribution in [3.63, 3.8) is 0 Å². The van der Waals surface area contributed by atoms with Gasteiger partial charge < -0.3 is 4.74 Å². The van der Waals surface area contributed by atoms with E-state index in [0.29, 0.717) is 0 Å². The van der Waals surface area contributed by atoms with E-state index in [-0.39, 0.29) is 0 Å². The molecule has 0 radical (unpaired) electrons. The summed E-state index contributed by atoms with van der Waals surface area (Å²) in [4.78, 5) is 0. The lowest BCUT2D eigenvalue weighted by Gasteiger charge is -2.17. The highest BCUT2D eigenvalue weighted by Gasteiger charge is 2.26. The van der Waals surface area contributed by atoms with Gasteiger partial charge in [-0.3, -0.25) is 0 Å². The first kappa shape index (κ1) is 28.4. The zero-order valence-corrected chi connectivity index (χ0v) is 23.9. The molecule has 0 bridgehead atoms. The summed E-state index contributed by atoms with van der Waals surface area (Å²) in [5.41, 5.74) is 9.72. The van der Waals surface area contributed by atoms with Gasteiger partial charge in [-0.25, -0.2) is 18.6 Å². The lowest BCUT2D eigenvalue weighted by atomic mass is 9.88. The molecule has 0 atom stereocenters. The highest BCUT2D eigenvalue weighted by Crippen LogP contribution is 2.44. The third-order valence-electron chi connectivity index (χ3n) is 6.68. The molecule has 1 aromatic heterocycles. The zero-order valence-electron chi connectivity index (χ0n) is 22.3. The molecule has 6 nitrogen and oxygen atoms in total. The predicted molar refractivity (Wildman–Crippen MR) is 151 cm³/mol. The molecule has 6 rings (SSSR count). The second-order valence-electron chi connectivity index (χ2n) is 9.22. The van der Waals surface area contributed by atoms with E-state index in [1.165, 1.54) is 48.6 Å². The maximum atomic E-state index is 8.49. The average molecular weight is 584 g/mol. The summed E-state index contributed by atoms with van der Waals surface area (Å²) in [7, 11) is -1.06. The van der Waals surface area contributed by atoms with E-state index in [1.54, 1.807) is 7.11 Å². The molecule has 1 heterocycles. The van der Waals surface area contributed by atoms with Crippen LogP contribution in [0.4, 0.5) is 0 Å². The molecule has 6 aromatic rings. The molecule has 206 valence electrons. The largest absolute Gasteiger partial charge is 0.497 e. The van der Waals surface area contributed by atoms with Crippen molar-refractivity contribution in [3.8, 4) is 49.7 Å². The van der Waals surface area contributed by atoms with Crippen LogP contribution in [0.2, 0.25) is 0 Å². The fraction of sp³-hybridized carbons (Fsp3) is 0.0606. The Hall–Kier alpha value is -4.08. The van der Waals surface area contributed by atoms with Crippen LogP contribution in [-0.4, -0.2) is 7.11 Å². The molecular weight excluding hydrogens is 558 g/mol. The molecule has 0 fully saturated rings. The first-order valence-electron chi connectivity index (χ1n) is 12.7. The van der Waals surface area contributed by atoms with Crippen LogP contribution in [-0.2, 0) is 7.05 Å². The standard InChI is InChI=1S/C33H26NOS.ClHO4/c1-34-30-15-9-10-16-31(30)36-33(34)32-28(24-11-5-3-6-12-24)21-26(23-17-19-27(35-2)20-18-23)22-29(32)25-13-7-4-8-14-25;2-1(3,4)5/h3-22H,1-2H3;(H,2,3,4,5)/q+1;/p-1. The Labute approximate surface area is 244 Å². The topological polar surface area (TPSA) is 105 Å². The first-order chi connectivity index (χ1) is 19.7. The lowest BCUT2D eigenvalue weighted by Crippen LogP contribution is -2.68. The first-order valence-corrected chi connectivity index (χ1v) is 14.7. The van der Waals surface area contributed by atoms with Gasteiger partial charge in [-0.15, -0.1) is 10.2 Å². The molecule has 0 saturated heterocycles. The van der Waals surface area contributed by atoms with E-state index in [2.05, 4.69) is 121 Å². The van der Waals surface area contributed by atoms with Crippen LogP contribution in [0.15, 0.2) is 121 Å². The molecule has 8 heteroatoms. The third kappa shape index (κ3) is 6.64. The number of nitrogens with zero attached hydrogens (tertiary/aromatic N) is 1. The lowest BCUT2D eigenvalue weighted by molar-refractivity contribution is -2.00. The van der Waals surface area contributed by atoms with Gasteiger partial charge >= 0.3 is 0 Å². The number of methoxy groups -OCH3 is 1. The smallest absolute Gasteiger partial charge is 0.271 e. The van der Waals surface area contributed by atoms with Gasteiger partial charge in [0.15, 0.2) is 0 Å². The van der Waals surface area contributed by atoms with E-state index in [9.17, 15) is 0 Å². The van der Waals surface area contributed by atoms with Crippen LogP contribution >= 0.6 is 11.3 Å². The Kier molecular flexibility index (Phi) is 8.46. The number of benzene rings is 5. The zero-order chi connectivity index (χ0) is 29.0. The average Bonchev–Trinajstić information content (AvgIpc) is 3.32. The number of aryl methyl sites for hydroxylation is 1. The Morgan fingerprint density at radius 3 is 1.59 bits per heavy atom. The Morgan fingerprint density at radius 2 is 1.10 bits per heavy atom. The molecule has 0 aliphatic rings. The molecule has 0 aliphatic heterocycles. The summed E-state index contributed by atoms with van der Waals surface area (Å²) in [6, 6.07) is 43.1.